The number of ether oxygens (including phenoxy) is 8. The van der Waals surface area contributed by atoms with Crippen LogP contribution in [-0.2, 0) is 37.9 Å². The van der Waals surface area contributed by atoms with Crippen LogP contribution < -0.4 is 0 Å². The summed E-state index contributed by atoms with van der Waals surface area (Å²) in [5.41, 5.74) is -0.0562. The van der Waals surface area contributed by atoms with Crippen LogP contribution in [0.15, 0.2) is 11.6 Å². The number of hydrogen-bond donors (Lipinski definition) is 8. The van der Waals surface area contributed by atoms with Gasteiger partial charge in [-0.1, -0.05) is 46.3 Å². The monoisotopic (exact) mass is 882 g/mol. The van der Waals surface area contributed by atoms with E-state index in [0.717, 1.165) is 44.9 Å². The molecule has 1 spiro atoms. The van der Waals surface area contributed by atoms with Gasteiger partial charge in [0.25, 0.3) is 0 Å². The first-order valence-corrected chi connectivity index (χ1v) is 23.6. The van der Waals surface area contributed by atoms with E-state index in [4.69, 9.17) is 37.9 Å². The first-order chi connectivity index (χ1) is 29.3. The summed E-state index contributed by atoms with van der Waals surface area (Å²) >= 11 is 0. The van der Waals surface area contributed by atoms with Crippen molar-refractivity contribution in [3.05, 3.63) is 11.6 Å². The summed E-state index contributed by atoms with van der Waals surface area (Å²) in [7, 11) is 0. The first-order valence-electron chi connectivity index (χ1n) is 23.6. The molecule has 16 heteroatoms. The van der Waals surface area contributed by atoms with Crippen LogP contribution in [0.5, 0.6) is 0 Å². The van der Waals surface area contributed by atoms with E-state index >= 15 is 0 Å². The van der Waals surface area contributed by atoms with Gasteiger partial charge in [-0.05, 0) is 94.3 Å². The van der Waals surface area contributed by atoms with Crippen LogP contribution in [0.2, 0.25) is 0 Å². The van der Waals surface area contributed by atoms with Gasteiger partial charge in [-0.15, -0.1) is 0 Å². The molecule has 9 rings (SSSR count). The molecule has 0 aromatic rings. The minimum Gasteiger partial charge on any atom is -0.394 e. The minimum absolute atomic E-state index is 0.0981. The molecule has 5 aliphatic heterocycles. The second-order valence-electron chi connectivity index (χ2n) is 21.5. The zero-order chi connectivity index (χ0) is 44.4. The smallest absolute Gasteiger partial charge is 0.187 e. The van der Waals surface area contributed by atoms with Gasteiger partial charge in [-0.2, -0.15) is 0 Å². The van der Waals surface area contributed by atoms with Crippen molar-refractivity contribution in [2.45, 2.75) is 216 Å². The molecule has 5 saturated heterocycles. The molecule has 354 valence electrons. The fraction of sp³-hybridized carbons (Fsp3) is 0.957. The van der Waals surface area contributed by atoms with E-state index in [9.17, 15) is 40.9 Å². The van der Waals surface area contributed by atoms with Gasteiger partial charge in [0.15, 0.2) is 24.7 Å². The Balaban J connectivity index is 0.945. The maximum absolute atomic E-state index is 12.8. The highest BCUT2D eigenvalue weighted by Gasteiger charge is 2.76. The van der Waals surface area contributed by atoms with Crippen molar-refractivity contribution in [3.8, 4) is 0 Å². The third kappa shape index (κ3) is 7.06. The van der Waals surface area contributed by atoms with E-state index in [1.807, 2.05) is 0 Å². The zero-order valence-electron chi connectivity index (χ0n) is 37.4. The molecule has 0 amide bonds. The van der Waals surface area contributed by atoms with Gasteiger partial charge in [-0.25, -0.2) is 0 Å². The molecule has 0 aromatic heterocycles. The Bertz CT molecular complexity index is 1640. The second-order valence-corrected chi connectivity index (χ2v) is 21.5. The van der Waals surface area contributed by atoms with Crippen LogP contribution in [0.3, 0.4) is 0 Å². The Morgan fingerprint density at radius 1 is 0.710 bits per heavy atom. The lowest BCUT2D eigenvalue weighted by Gasteiger charge is -2.60. The molecular weight excluding hydrogens is 808 g/mol. The van der Waals surface area contributed by atoms with Crippen molar-refractivity contribution in [2.75, 3.05) is 13.2 Å². The molecule has 26 atom stereocenters. The molecule has 0 bridgehead atoms. The summed E-state index contributed by atoms with van der Waals surface area (Å²) in [6.45, 7) is 14.1. The highest BCUT2D eigenvalue weighted by molar-refractivity contribution is 5.29. The largest absolute Gasteiger partial charge is 0.394 e. The van der Waals surface area contributed by atoms with Crippen LogP contribution in [0.4, 0.5) is 0 Å². The number of fused-ring (bicyclic) bond motifs is 7. The number of rotatable bonds is 7. The Labute approximate surface area is 365 Å². The number of aliphatic hydroxyl groups excluding tert-OH is 7. The molecule has 0 radical (unpaired) electrons. The van der Waals surface area contributed by atoms with Gasteiger partial charge < -0.3 is 78.7 Å². The van der Waals surface area contributed by atoms with Crippen molar-refractivity contribution in [1.82, 2.24) is 0 Å². The highest BCUT2D eigenvalue weighted by Crippen LogP contribution is 2.72. The fourth-order valence-electron chi connectivity index (χ4n) is 14.0. The Hall–Kier alpha value is -0.900. The average Bonchev–Trinajstić information content (AvgIpc) is 3.60. The lowest BCUT2D eigenvalue weighted by Crippen LogP contribution is -2.66. The molecule has 3 saturated carbocycles. The minimum atomic E-state index is -1.71. The predicted octanol–water partition coefficient (Wildman–Crippen LogP) is 1.63. The normalized spacial score (nSPS) is 58.9. The van der Waals surface area contributed by atoms with E-state index in [1.165, 1.54) is 12.5 Å². The summed E-state index contributed by atoms with van der Waals surface area (Å²) < 4.78 is 50.7. The lowest BCUT2D eigenvalue weighted by atomic mass is 9.46. The van der Waals surface area contributed by atoms with Gasteiger partial charge in [0.05, 0.1) is 43.7 Å². The van der Waals surface area contributed by atoms with E-state index < -0.39 is 110 Å². The predicted molar refractivity (Wildman–Crippen MR) is 217 cm³/mol. The zero-order valence-corrected chi connectivity index (χ0v) is 37.4. The SMILES string of the molecule is C[C@@H]1CCC2(OC1)OC1CC3C4CC=C5C[C@@H](O[C@@H]6O[C@H](CO)[C@@H](O)[C@H](O[C@H]7O[C@H](C)[C@@H](O)[C@H](O)[C@@H]7O)[C@H]6O[C@@H]6O[C@@H](C)[C@H](C)[C@@H](O)[C@H]6O)CC[C@]5(C)C4CC[C@]3(C)[C@@]1(O)[C@@H]2C. The van der Waals surface area contributed by atoms with Crippen LogP contribution in [0, 0.1) is 46.3 Å². The summed E-state index contributed by atoms with van der Waals surface area (Å²) in [5, 5.41) is 88.8. The van der Waals surface area contributed by atoms with Gasteiger partial charge in [0, 0.05) is 23.7 Å². The second kappa shape index (κ2) is 16.7. The first kappa shape index (κ1) is 46.2. The molecule has 8 fully saturated rings. The molecule has 5 unspecified atom stereocenters. The van der Waals surface area contributed by atoms with E-state index in [0.29, 0.717) is 43.1 Å². The fourth-order valence-corrected chi connectivity index (χ4v) is 14.0. The van der Waals surface area contributed by atoms with Crippen molar-refractivity contribution in [2.24, 2.45) is 46.3 Å². The highest BCUT2D eigenvalue weighted by atomic mass is 16.8. The maximum Gasteiger partial charge on any atom is 0.187 e. The van der Waals surface area contributed by atoms with E-state index in [-0.39, 0.29) is 29.0 Å². The standard InChI is InChI=1S/C46H74O16/c1-20-10-15-45(55-19-20)24(5)46(54)31(62-45)17-29-27-9-8-25-16-26(11-13-43(25,6)28(27)12-14-44(29,46)7)58-42-39(61-40-36(52)32(48)21(2)22(3)56-40)38(34(50)30(18-47)59-42)60-41-37(53)35(51)33(49)23(4)57-41/h8,20-24,26-42,47-54H,9-19H2,1-7H3/t20-,21+,22+,23-,24-,26+,27?,28?,29?,30-,31?,32-,33-,34-,35+,36-,37+,38+,39-,40+,41-,42-,43+,44+,45?,46-/m1/s1. The molecule has 16 nitrogen and oxygen atoms in total. The third-order valence-electron chi connectivity index (χ3n) is 18.4. The molecule has 62 heavy (non-hydrogen) atoms. The van der Waals surface area contributed by atoms with Crippen LogP contribution in [0.1, 0.15) is 106 Å². The van der Waals surface area contributed by atoms with Crippen molar-refractivity contribution < 1.29 is 78.7 Å². The van der Waals surface area contributed by atoms with Gasteiger partial charge >= 0.3 is 0 Å². The van der Waals surface area contributed by atoms with Crippen LogP contribution in [-0.4, -0.2) is 164 Å². The molecule has 4 aliphatic carbocycles. The van der Waals surface area contributed by atoms with Gasteiger partial charge in [0.1, 0.15) is 54.4 Å². The van der Waals surface area contributed by atoms with E-state index in [1.54, 1.807) is 13.8 Å². The van der Waals surface area contributed by atoms with Crippen molar-refractivity contribution in [3.63, 3.8) is 0 Å². The average molecular weight is 883 g/mol. The van der Waals surface area contributed by atoms with Crippen LogP contribution >= 0.6 is 0 Å². The third-order valence-corrected chi connectivity index (χ3v) is 18.4. The molecule has 5 heterocycles. The molecule has 9 aliphatic rings. The topological polar surface area (TPSA) is 236 Å². The Morgan fingerprint density at radius 3 is 2.10 bits per heavy atom. The molecule has 0 aromatic carbocycles. The van der Waals surface area contributed by atoms with Crippen LogP contribution in [0.25, 0.3) is 0 Å². The van der Waals surface area contributed by atoms with Gasteiger partial charge in [0.2, 0.25) is 0 Å². The summed E-state index contributed by atoms with van der Waals surface area (Å²) in [6, 6.07) is 0. The number of aliphatic hydroxyl groups is 8. The van der Waals surface area contributed by atoms with Gasteiger partial charge in [-0.3, -0.25) is 0 Å². The summed E-state index contributed by atoms with van der Waals surface area (Å²) in [4.78, 5) is 0. The Kier molecular flexibility index (Phi) is 12.5. The number of hydrogen-bond acceptors (Lipinski definition) is 16. The van der Waals surface area contributed by atoms with Crippen molar-refractivity contribution in [1.29, 1.82) is 0 Å². The summed E-state index contributed by atoms with van der Waals surface area (Å²) in [5.74, 6) is 0.317. The summed E-state index contributed by atoms with van der Waals surface area (Å²) in [6.07, 6.45) is -9.43. The lowest BCUT2D eigenvalue weighted by molar-refractivity contribution is -0.391. The molecular formula is C46H74O16. The quantitative estimate of drug-likeness (QED) is 0.170. The van der Waals surface area contributed by atoms with Crippen molar-refractivity contribution >= 4 is 0 Å². The number of allylic oxidation sites excluding steroid dienone is 1. The maximum atomic E-state index is 12.8. The Morgan fingerprint density at radius 2 is 1.40 bits per heavy atom. The molecule has 8 N–H and O–H groups in total. The van der Waals surface area contributed by atoms with E-state index in [2.05, 4.69) is 33.8 Å².